The van der Waals surface area contributed by atoms with E-state index in [2.05, 4.69) is 12.2 Å². The third kappa shape index (κ3) is 4.21. The second-order valence-electron chi connectivity index (χ2n) is 5.09. The minimum absolute atomic E-state index is 0.0515. The molecular formula is C15H21NO4. The van der Waals surface area contributed by atoms with Crippen LogP contribution in [0.1, 0.15) is 18.9 Å². The van der Waals surface area contributed by atoms with Gasteiger partial charge in [-0.05, 0) is 24.1 Å². The molecule has 1 amide bonds. The van der Waals surface area contributed by atoms with E-state index in [-0.39, 0.29) is 25.7 Å². The molecule has 0 radical (unpaired) electrons. The lowest BCUT2D eigenvalue weighted by atomic mass is 10.0. The predicted molar refractivity (Wildman–Crippen MR) is 74.7 cm³/mol. The molecule has 1 saturated heterocycles. The van der Waals surface area contributed by atoms with Crippen molar-refractivity contribution >= 4 is 5.91 Å². The lowest BCUT2D eigenvalue weighted by Gasteiger charge is -2.20. The standard InChI is InChI=1S/C15H21NO4/c1-2-12-4-3-5-13(8-12)20-9-14(17)16-10-15(18)6-7-19-11-15/h3-5,8,18H,2,6-7,9-11H2,1H3,(H,16,17). The van der Waals surface area contributed by atoms with Gasteiger partial charge in [0.05, 0.1) is 6.61 Å². The molecule has 1 unspecified atom stereocenters. The Morgan fingerprint density at radius 1 is 1.55 bits per heavy atom. The normalized spacial score (nSPS) is 21.7. The van der Waals surface area contributed by atoms with Crippen molar-refractivity contribution in [1.82, 2.24) is 5.32 Å². The highest BCUT2D eigenvalue weighted by Gasteiger charge is 2.32. The highest BCUT2D eigenvalue weighted by Crippen LogP contribution is 2.17. The summed E-state index contributed by atoms with van der Waals surface area (Å²) in [7, 11) is 0. The van der Waals surface area contributed by atoms with Crippen LogP contribution >= 0.6 is 0 Å². The zero-order chi connectivity index (χ0) is 14.4. The molecular weight excluding hydrogens is 258 g/mol. The van der Waals surface area contributed by atoms with E-state index in [9.17, 15) is 9.90 Å². The molecule has 1 fully saturated rings. The van der Waals surface area contributed by atoms with E-state index in [0.29, 0.717) is 18.8 Å². The van der Waals surface area contributed by atoms with Crippen molar-refractivity contribution < 1.29 is 19.4 Å². The largest absolute Gasteiger partial charge is 0.484 e. The molecule has 0 spiro atoms. The Balaban J connectivity index is 1.74. The van der Waals surface area contributed by atoms with Gasteiger partial charge in [0.1, 0.15) is 11.4 Å². The second kappa shape index (κ2) is 6.72. The first kappa shape index (κ1) is 14.8. The number of amides is 1. The highest BCUT2D eigenvalue weighted by molar-refractivity contribution is 5.77. The number of carbonyl (C=O) groups is 1. The fourth-order valence-corrected chi connectivity index (χ4v) is 2.05. The summed E-state index contributed by atoms with van der Waals surface area (Å²) < 4.78 is 10.5. The first-order valence-corrected chi connectivity index (χ1v) is 6.90. The predicted octanol–water partition coefficient (Wildman–Crippen LogP) is 0.895. The first-order chi connectivity index (χ1) is 9.61. The molecule has 5 heteroatoms. The highest BCUT2D eigenvalue weighted by atomic mass is 16.5. The molecule has 1 heterocycles. The van der Waals surface area contributed by atoms with Crippen molar-refractivity contribution in [3.05, 3.63) is 29.8 Å². The fourth-order valence-electron chi connectivity index (χ4n) is 2.05. The van der Waals surface area contributed by atoms with Gasteiger partial charge in [0.25, 0.3) is 5.91 Å². The zero-order valence-corrected chi connectivity index (χ0v) is 11.7. The van der Waals surface area contributed by atoms with Gasteiger partial charge in [-0.2, -0.15) is 0 Å². The minimum atomic E-state index is -0.933. The van der Waals surface area contributed by atoms with Crippen LogP contribution in [-0.4, -0.2) is 43.0 Å². The van der Waals surface area contributed by atoms with Crippen molar-refractivity contribution in [3.8, 4) is 5.75 Å². The molecule has 0 aliphatic carbocycles. The summed E-state index contributed by atoms with van der Waals surface area (Å²) in [6, 6.07) is 7.67. The van der Waals surface area contributed by atoms with E-state index in [1.165, 1.54) is 5.56 Å². The molecule has 0 bridgehead atoms. The fraction of sp³-hybridized carbons (Fsp3) is 0.533. The number of aliphatic hydroxyl groups is 1. The van der Waals surface area contributed by atoms with Gasteiger partial charge < -0.3 is 19.9 Å². The van der Waals surface area contributed by atoms with Crippen molar-refractivity contribution in [2.75, 3.05) is 26.4 Å². The molecule has 1 atom stereocenters. The number of rotatable bonds is 6. The van der Waals surface area contributed by atoms with E-state index in [1.54, 1.807) is 0 Å². The monoisotopic (exact) mass is 279 g/mol. The summed E-state index contributed by atoms with van der Waals surface area (Å²) in [6.07, 6.45) is 1.48. The van der Waals surface area contributed by atoms with Gasteiger partial charge in [-0.3, -0.25) is 4.79 Å². The lowest BCUT2D eigenvalue weighted by Crippen LogP contribution is -2.44. The molecule has 1 aliphatic heterocycles. The van der Waals surface area contributed by atoms with Crippen molar-refractivity contribution in [2.24, 2.45) is 0 Å². The topological polar surface area (TPSA) is 67.8 Å². The number of benzene rings is 1. The van der Waals surface area contributed by atoms with E-state index in [4.69, 9.17) is 9.47 Å². The number of ether oxygens (including phenoxy) is 2. The number of hydrogen-bond donors (Lipinski definition) is 2. The van der Waals surface area contributed by atoms with Crippen LogP contribution in [0, 0.1) is 0 Å². The van der Waals surface area contributed by atoms with Crippen LogP contribution in [0.5, 0.6) is 5.75 Å². The minimum Gasteiger partial charge on any atom is -0.484 e. The maximum atomic E-state index is 11.7. The van der Waals surface area contributed by atoms with E-state index < -0.39 is 5.60 Å². The van der Waals surface area contributed by atoms with Gasteiger partial charge >= 0.3 is 0 Å². The van der Waals surface area contributed by atoms with E-state index in [0.717, 1.165) is 6.42 Å². The number of hydrogen-bond acceptors (Lipinski definition) is 4. The average Bonchev–Trinajstić information content (AvgIpc) is 2.90. The molecule has 0 saturated carbocycles. The van der Waals surface area contributed by atoms with E-state index >= 15 is 0 Å². The van der Waals surface area contributed by atoms with Crippen molar-refractivity contribution in [1.29, 1.82) is 0 Å². The van der Waals surface area contributed by atoms with Crippen LogP contribution in [0.15, 0.2) is 24.3 Å². The van der Waals surface area contributed by atoms with Gasteiger partial charge in [-0.25, -0.2) is 0 Å². The van der Waals surface area contributed by atoms with Crippen LogP contribution < -0.4 is 10.1 Å². The van der Waals surface area contributed by atoms with Gasteiger partial charge in [0.2, 0.25) is 0 Å². The van der Waals surface area contributed by atoms with Crippen molar-refractivity contribution in [2.45, 2.75) is 25.4 Å². The smallest absolute Gasteiger partial charge is 0.258 e. The summed E-state index contributed by atoms with van der Waals surface area (Å²) in [5, 5.41) is 12.7. The zero-order valence-electron chi connectivity index (χ0n) is 11.7. The summed E-state index contributed by atoms with van der Waals surface area (Å²) >= 11 is 0. The summed E-state index contributed by atoms with van der Waals surface area (Å²) in [6.45, 7) is 3.02. The SMILES string of the molecule is CCc1cccc(OCC(=O)NCC2(O)CCOC2)c1. The van der Waals surface area contributed by atoms with Gasteiger partial charge in [-0.15, -0.1) is 0 Å². The van der Waals surface area contributed by atoms with Crippen LogP contribution in [0.2, 0.25) is 0 Å². The first-order valence-electron chi connectivity index (χ1n) is 6.90. The third-order valence-electron chi connectivity index (χ3n) is 3.37. The number of nitrogens with one attached hydrogen (secondary N) is 1. The Bertz CT molecular complexity index is 455. The molecule has 2 N–H and O–H groups in total. The molecule has 20 heavy (non-hydrogen) atoms. The van der Waals surface area contributed by atoms with Crippen LogP contribution in [0.3, 0.4) is 0 Å². The Labute approximate surface area is 118 Å². The molecule has 110 valence electrons. The van der Waals surface area contributed by atoms with Gasteiger partial charge in [0.15, 0.2) is 6.61 Å². The van der Waals surface area contributed by atoms with Crippen LogP contribution in [0.4, 0.5) is 0 Å². The molecule has 2 rings (SSSR count). The second-order valence-corrected chi connectivity index (χ2v) is 5.09. The Hall–Kier alpha value is -1.59. The summed E-state index contributed by atoms with van der Waals surface area (Å²) in [4.78, 5) is 11.7. The van der Waals surface area contributed by atoms with E-state index in [1.807, 2.05) is 24.3 Å². The number of aryl methyl sites for hydroxylation is 1. The van der Waals surface area contributed by atoms with Crippen molar-refractivity contribution in [3.63, 3.8) is 0 Å². The maximum Gasteiger partial charge on any atom is 0.258 e. The average molecular weight is 279 g/mol. The Morgan fingerprint density at radius 2 is 2.40 bits per heavy atom. The van der Waals surface area contributed by atoms with Crippen LogP contribution in [0.25, 0.3) is 0 Å². The summed E-state index contributed by atoms with van der Waals surface area (Å²) in [5.74, 6) is 0.439. The maximum absolute atomic E-state index is 11.7. The van der Waals surface area contributed by atoms with Gasteiger partial charge in [-0.1, -0.05) is 19.1 Å². The molecule has 1 aromatic rings. The molecule has 1 aromatic carbocycles. The Morgan fingerprint density at radius 3 is 3.10 bits per heavy atom. The molecule has 5 nitrogen and oxygen atoms in total. The molecule has 1 aliphatic rings. The Kier molecular flexibility index (Phi) is 4.98. The lowest BCUT2D eigenvalue weighted by molar-refractivity contribution is -0.124. The van der Waals surface area contributed by atoms with Crippen LogP contribution in [-0.2, 0) is 16.0 Å². The third-order valence-corrected chi connectivity index (χ3v) is 3.37. The van der Waals surface area contributed by atoms with Gasteiger partial charge in [0, 0.05) is 19.6 Å². The quantitative estimate of drug-likeness (QED) is 0.811. The number of carbonyl (C=O) groups excluding carboxylic acids is 1. The molecule has 0 aromatic heterocycles. The summed E-state index contributed by atoms with van der Waals surface area (Å²) in [5.41, 5.74) is 0.234.